The highest BCUT2D eigenvalue weighted by Crippen LogP contribution is 2.13. The average Bonchev–Trinajstić information content (AvgIpc) is 2.39. The van der Waals surface area contributed by atoms with E-state index in [1.807, 2.05) is 31.2 Å². The van der Waals surface area contributed by atoms with E-state index in [1.165, 1.54) is 0 Å². The van der Waals surface area contributed by atoms with Gasteiger partial charge in [-0.1, -0.05) is 19.1 Å². The number of H-pyrrole nitrogens is 1. The Hall–Kier alpha value is -1.33. The van der Waals surface area contributed by atoms with Gasteiger partial charge in [0.2, 0.25) is 0 Å². The molecule has 0 aliphatic rings. The molecule has 0 radical (unpaired) electrons. The Bertz CT molecular complexity index is 582. The second-order valence-corrected chi connectivity index (χ2v) is 5.36. The molecule has 4 nitrogen and oxygen atoms in total. The summed E-state index contributed by atoms with van der Waals surface area (Å²) in [5, 5.41) is 8.93. The lowest BCUT2D eigenvalue weighted by Crippen LogP contribution is -2.15. The summed E-state index contributed by atoms with van der Waals surface area (Å²) in [6, 6.07) is 7.50. The molecule has 2 rings (SSSR count). The van der Waals surface area contributed by atoms with Crippen LogP contribution in [-0.4, -0.2) is 27.4 Å². The van der Waals surface area contributed by atoms with Crippen molar-refractivity contribution in [2.24, 2.45) is 5.92 Å². The van der Waals surface area contributed by atoms with Gasteiger partial charge in [-0.15, -0.1) is 0 Å². The maximum atomic E-state index is 11.8. The SMILES string of the molecule is CC(CO)CSCc1nc2ccccc2[nH]c1=O. The van der Waals surface area contributed by atoms with Crippen molar-refractivity contribution in [2.45, 2.75) is 12.7 Å². The van der Waals surface area contributed by atoms with Gasteiger partial charge >= 0.3 is 0 Å². The number of nitrogens with zero attached hydrogens (tertiary/aromatic N) is 1. The number of hydrogen-bond acceptors (Lipinski definition) is 4. The van der Waals surface area contributed by atoms with Gasteiger partial charge in [-0.3, -0.25) is 4.79 Å². The van der Waals surface area contributed by atoms with Crippen LogP contribution in [0.3, 0.4) is 0 Å². The number of aliphatic hydroxyl groups is 1. The summed E-state index contributed by atoms with van der Waals surface area (Å²) in [5.74, 6) is 1.64. The zero-order valence-electron chi connectivity index (χ0n) is 10.2. The van der Waals surface area contributed by atoms with E-state index in [0.717, 1.165) is 16.8 Å². The maximum Gasteiger partial charge on any atom is 0.270 e. The standard InChI is InChI=1S/C13H16N2O2S/c1-9(6-16)7-18-8-12-13(17)15-11-5-3-2-4-10(11)14-12/h2-5,9,16H,6-8H2,1H3,(H,15,17). The van der Waals surface area contributed by atoms with Gasteiger partial charge in [-0.2, -0.15) is 11.8 Å². The Balaban J connectivity index is 2.13. The van der Waals surface area contributed by atoms with Gasteiger partial charge in [-0.05, 0) is 23.8 Å². The fraction of sp³-hybridized carbons (Fsp3) is 0.385. The molecule has 0 spiro atoms. The van der Waals surface area contributed by atoms with Gasteiger partial charge in [0.15, 0.2) is 0 Å². The molecule has 96 valence electrons. The van der Waals surface area contributed by atoms with Crippen molar-refractivity contribution in [1.82, 2.24) is 9.97 Å². The molecule has 0 saturated carbocycles. The molecule has 2 aromatic rings. The minimum absolute atomic E-state index is 0.127. The van der Waals surface area contributed by atoms with Gasteiger partial charge in [0.25, 0.3) is 5.56 Å². The third-order valence-electron chi connectivity index (χ3n) is 2.62. The Morgan fingerprint density at radius 3 is 3.00 bits per heavy atom. The molecule has 18 heavy (non-hydrogen) atoms. The normalized spacial score (nSPS) is 12.8. The first kappa shape index (κ1) is 13.1. The fourth-order valence-electron chi connectivity index (χ4n) is 1.57. The molecule has 1 aromatic carbocycles. The molecule has 1 unspecified atom stereocenters. The molecular formula is C13H16N2O2S. The number of thioether (sulfide) groups is 1. The lowest BCUT2D eigenvalue weighted by molar-refractivity contribution is 0.250. The first-order valence-electron chi connectivity index (χ1n) is 5.87. The fourth-order valence-corrected chi connectivity index (χ4v) is 2.59. The van der Waals surface area contributed by atoms with Crippen LogP contribution in [0.2, 0.25) is 0 Å². The predicted octanol–water partition coefficient (Wildman–Crippen LogP) is 1.78. The Morgan fingerprint density at radius 2 is 2.22 bits per heavy atom. The molecule has 0 bridgehead atoms. The summed E-state index contributed by atoms with van der Waals surface area (Å²) in [7, 11) is 0. The van der Waals surface area contributed by atoms with Crippen molar-refractivity contribution in [1.29, 1.82) is 0 Å². The topological polar surface area (TPSA) is 66.0 Å². The monoisotopic (exact) mass is 264 g/mol. The molecule has 0 saturated heterocycles. The van der Waals surface area contributed by atoms with Crippen molar-refractivity contribution in [3.05, 3.63) is 40.3 Å². The third kappa shape index (κ3) is 3.11. The summed E-state index contributed by atoms with van der Waals surface area (Å²) >= 11 is 1.62. The van der Waals surface area contributed by atoms with E-state index in [0.29, 0.717) is 11.4 Å². The van der Waals surface area contributed by atoms with Crippen LogP contribution in [-0.2, 0) is 5.75 Å². The number of benzene rings is 1. The number of aromatic amines is 1. The van der Waals surface area contributed by atoms with Gasteiger partial charge in [0, 0.05) is 12.4 Å². The number of aromatic nitrogens is 2. The third-order valence-corrected chi connectivity index (χ3v) is 3.90. The number of rotatable bonds is 5. The molecule has 0 aliphatic carbocycles. The number of nitrogens with one attached hydrogen (secondary N) is 1. The van der Waals surface area contributed by atoms with E-state index < -0.39 is 0 Å². The molecule has 2 N–H and O–H groups in total. The molecular weight excluding hydrogens is 248 g/mol. The number of fused-ring (bicyclic) bond motifs is 1. The summed E-state index contributed by atoms with van der Waals surface area (Å²) in [4.78, 5) is 19.0. The largest absolute Gasteiger partial charge is 0.396 e. The molecule has 0 amide bonds. The van der Waals surface area contributed by atoms with E-state index in [4.69, 9.17) is 5.11 Å². The lowest BCUT2D eigenvalue weighted by Gasteiger charge is -2.06. The Labute approximate surface area is 109 Å². The zero-order chi connectivity index (χ0) is 13.0. The highest BCUT2D eigenvalue weighted by Gasteiger charge is 2.06. The van der Waals surface area contributed by atoms with Crippen molar-refractivity contribution in [2.75, 3.05) is 12.4 Å². The summed E-state index contributed by atoms with van der Waals surface area (Å²) in [6.45, 7) is 2.15. The Kier molecular flexibility index (Phi) is 4.38. The highest BCUT2D eigenvalue weighted by molar-refractivity contribution is 7.98. The summed E-state index contributed by atoms with van der Waals surface area (Å²) in [5.41, 5.74) is 1.99. The van der Waals surface area contributed by atoms with E-state index in [9.17, 15) is 4.79 Å². The minimum atomic E-state index is -0.127. The summed E-state index contributed by atoms with van der Waals surface area (Å²) in [6.07, 6.45) is 0. The van der Waals surface area contributed by atoms with Crippen LogP contribution in [0.5, 0.6) is 0 Å². The lowest BCUT2D eigenvalue weighted by atomic mass is 10.2. The molecule has 5 heteroatoms. The van der Waals surface area contributed by atoms with Crippen LogP contribution >= 0.6 is 11.8 Å². The van der Waals surface area contributed by atoms with Gasteiger partial charge in [0.1, 0.15) is 5.69 Å². The van der Waals surface area contributed by atoms with Crippen LogP contribution in [0.15, 0.2) is 29.1 Å². The molecule has 1 aromatic heterocycles. The van der Waals surface area contributed by atoms with Crippen LogP contribution in [0.4, 0.5) is 0 Å². The van der Waals surface area contributed by atoms with Crippen molar-refractivity contribution < 1.29 is 5.11 Å². The average molecular weight is 264 g/mol. The second kappa shape index (κ2) is 6.02. The smallest absolute Gasteiger partial charge is 0.270 e. The van der Waals surface area contributed by atoms with Crippen molar-refractivity contribution in [3.63, 3.8) is 0 Å². The molecule has 0 aliphatic heterocycles. The van der Waals surface area contributed by atoms with Crippen molar-refractivity contribution >= 4 is 22.8 Å². The van der Waals surface area contributed by atoms with E-state index in [-0.39, 0.29) is 18.1 Å². The second-order valence-electron chi connectivity index (χ2n) is 4.33. The van der Waals surface area contributed by atoms with Gasteiger partial charge in [-0.25, -0.2) is 4.98 Å². The van der Waals surface area contributed by atoms with Gasteiger partial charge in [0.05, 0.1) is 11.0 Å². The number of hydrogen-bond donors (Lipinski definition) is 2. The quantitative estimate of drug-likeness (QED) is 0.864. The van der Waals surface area contributed by atoms with Crippen molar-refractivity contribution in [3.8, 4) is 0 Å². The van der Waals surface area contributed by atoms with Gasteiger partial charge < -0.3 is 10.1 Å². The molecule has 1 atom stereocenters. The first-order chi connectivity index (χ1) is 8.70. The van der Waals surface area contributed by atoms with Crippen LogP contribution in [0, 0.1) is 5.92 Å². The van der Waals surface area contributed by atoms with Crippen LogP contribution in [0.1, 0.15) is 12.6 Å². The van der Waals surface area contributed by atoms with E-state index in [2.05, 4.69) is 9.97 Å². The maximum absolute atomic E-state index is 11.8. The molecule has 1 heterocycles. The first-order valence-corrected chi connectivity index (χ1v) is 7.02. The number of para-hydroxylation sites is 2. The number of aliphatic hydroxyl groups excluding tert-OH is 1. The minimum Gasteiger partial charge on any atom is -0.396 e. The van der Waals surface area contributed by atoms with Crippen LogP contribution < -0.4 is 5.56 Å². The predicted molar refractivity (Wildman–Crippen MR) is 74.8 cm³/mol. The van der Waals surface area contributed by atoms with E-state index >= 15 is 0 Å². The molecule has 0 fully saturated rings. The Morgan fingerprint density at radius 1 is 1.44 bits per heavy atom. The van der Waals surface area contributed by atoms with Crippen LogP contribution in [0.25, 0.3) is 11.0 Å². The summed E-state index contributed by atoms with van der Waals surface area (Å²) < 4.78 is 0. The highest BCUT2D eigenvalue weighted by atomic mass is 32.2. The zero-order valence-corrected chi connectivity index (χ0v) is 11.0. The van der Waals surface area contributed by atoms with E-state index in [1.54, 1.807) is 11.8 Å².